The van der Waals surface area contributed by atoms with Crippen molar-refractivity contribution < 1.29 is 22.7 Å². The maximum atomic E-state index is 13.1. The molecule has 1 atom stereocenters. The van der Waals surface area contributed by atoms with Gasteiger partial charge in [-0.3, -0.25) is 0 Å². The van der Waals surface area contributed by atoms with Gasteiger partial charge in [0.1, 0.15) is 11.9 Å². The van der Waals surface area contributed by atoms with Crippen molar-refractivity contribution in [1.82, 2.24) is 4.31 Å². The maximum Gasteiger partial charge on any atom is 0.338 e. The van der Waals surface area contributed by atoms with E-state index in [1.807, 2.05) is 18.2 Å². The van der Waals surface area contributed by atoms with Crippen molar-refractivity contribution in [2.75, 3.05) is 19.7 Å². The van der Waals surface area contributed by atoms with Gasteiger partial charge in [-0.15, -0.1) is 0 Å². The van der Waals surface area contributed by atoms with Gasteiger partial charge in [0, 0.05) is 18.7 Å². The molecule has 6 nitrogen and oxygen atoms in total. The van der Waals surface area contributed by atoms with Crippen LogP contribution in [0.1, 0.15) is 72.5 Å². The Morgan fingerprint density at radius 2 is 1.73 bits per heavy atom. The molecule has 0 amide bonds. The lowest BCUT2D eigenvalue weighted by molar-refractivity contribution is 0.0301. The van der Waals surface area contributed by atoms with E-state index in [0.29, 0.717) is 25.4 Å². The van der Waals surface area contributed by atoms with Crippen LogP contribution in [0.2, 0.25) is 0 Å². The SMILES string of the molecule is O=C(OC1CCc2c(OCC3CC3)cccc21)c1cccc(S(=O)(=O)N2CCCCCC2)c1. The highest BCUT2D eigenvalue weighted by molar-refractivity contribution is 7.89. The van der Waals surface area contributed by atoms with Gasteiger partial charge in [0.25, 0.3) is 0 Å². The number of rotatable bonds is 7. The zero-order valence-electron chi connectivity index (χ0n) is 18.9. The molecule has 33 heavy (non-hydrogen) atoms. The van der Waals surface area contributed by atoms with Crippen molar-refractivity contribution in [3.8, 4) is 5.75 Å². The van der Waals surface area contributed by atoms with Gasteiger partial charge < -0.3 is 9.47 Å². The number of nitrogens with zero attached hydrogens (tertiary/aromatic N) is 1. The second-order valence-electron chi connectivity index (χ2n) is 9.36. The largest absolute Gasteiger partial charge is 0.493 e. The molecule has 1 saturated carbocycles. The normalized spacial score (nSPS) is 21.3. The van der Waals surface area contributed by atoms with Crippen molar-refractivity contribution in [3.63, 3.8) is 0 Å². The first-order valence-corrected chi connectivity index (χ1v) is 13.5. The average molecular weight is 470 g/mol. The number of benzene rings is 2. The quantitative estimate of drug-likeness (QED) is 0.540. The van der Waals surface area contributed by atoms with Gasteiger partial charge in [0.2, 0.25) is 10.0 Å². The summed E-state index contributed by atoms with van der Waals surface area (Å²) in [4.78, 5) is 13.1. The van der Waals surface area contributed by atoms with E-state index >= 15 is 0 Å². The molecule has 0 bridgehead atoms. The number of ether oxygens (including phenoxy) is 2. The van der Waals surface area contributed by atoms with E-state index in [2.05, 4.69) is 0 Å². The molecule has 1 heterocycles. The van der Waals surface area contributed by atoms with Gasteiger partial charge in [-0.05, 0) is 74.3 Å². The first-order chi connectivity index (χ1) is 16.0. The maximum absolute atomic E-state index is 13.1. The number of sulfonamides is 1. The lowest BCUT2D eigenvalue weighted by atomic mass is 10.1. The van der Waals surface area contributed by atoms with Crippen LogP contribution in [0.4, 0.5) is 0 Å². The smallest absolute Gasteiger partial charge is 0.338 e. The molecule has 1 saturated heterocycles. The van der Waals surface area contributed by atoms with E-state index in [-0.39, 0.29) is 16.6 Å². The van der Waals surface area contributed by atoms with Crippen molar-refractivity contribution in [2.45, 2.75) is 62.4 Å². The fourth-order valence-corrected chi connectivity index (χ4v) is 6.31. The molecule has 1 unspecified atom stereocenters. The summed E-state index contributed by atoms with van der Waals surface area (Å²) in [5.74, 6) is 1.07. The van der Waals surface area contributed by atoms with Gasteiger partial charge in [0.15, 0.2) is 0 Å². The van der Waals surface area contributed by atoms with Crippen LogP contribution >= 0.6 is 0 Å². The van der Waals surface area contributed by atoms with Gasteiger partial charge >= 0.3 is 5.97 Å². The summed E-state index contributed by atoms with van der Waals surface area (Å²) < 4.78 is 39.7. The van der Waals surface area contributed by atoms with Crippen molar-refractivity contribution >= 4 is 16.0 Å². The summed E-state index contributed by atoms with van der Waals surface area (Å²) in [5.41, 5.74) is 2.37. The zero-order chi connectivity index (χ0) is 22.8. The highest BCUT2D eigenvalue weighted by Crippen LogP contribution is 2.40. The molecule has 176 valence electrons. The summed E-state index contributed by atoms with van der Waals surface area (Å²) >= 11 is 0. The first-order valence-electron chi connectivity index (χ1n) is 12.1. The van der Waals surface area contributed by atoms with Crippen LogP contribution in [0, 0.1) is 5.92 Å². The van der Waals surface area contributed by atoms with Crippen molar-refractivity contribution in [2.24, 2.45) is 5.92 Å². The second kappa shape index (κ2) is 9.47. The van der Waals surface area contributed by atoms with Crippen LogP contribution < -0.4 is 4.74 Å². The van der Waals surface area contributed by atoms with E-state index in [0.717, 1.165) is 55.6 Å². The van der Waals surface area contributed by atoms with Gasteiger partial charge in [-0.1, -0.05) is 31.0 Å². The van der Waals surface area contributed by atoms with E-state index in [1.54, 1.807) is 22.5 Å². The number of fused-ring (bicyclic) bond motifs is 1. The molecule has 2 aliphatic carbocycles. The summed E-state index contributed by atoms with van der Waals surface area (Å²) in [6, 6.07) is 12.2. The predicted molar refractivity (Wildman–Crippen MR) is 125 cm³/mol. The topological polar surface area (TPSA) is 72.9 Å². The lowest BCUT2D eigenvalue weighted by Crippen LogP contribution is -2.32. The Bertz CT molecular complexity index is 1120. The summed E-state index contributed by atoms with van der Waals surface area (Å²) in [5, 5.41) is 0. The van der Waals surface area contributed by atoms with Crippen molar-refractivity contribution in [3.05, 3.63) is 59.2 Å². The molecule has 2 aromatic carbocycles. The molecule has 2 aromatic rings. The number of hydrogen-bond donors (Lipinski definition) is 0. The Kier molecular flexibility index (Phi) is 6.43. The van der Waals surface area contributed by atoms with Crippen LogP contribution in [-0.2, 0) is 21.2 Å². The first kappa shape index (κ1) is 22.4. The number of carbonyl (C=O) groups excluding carboxylic acids is 1. The standard InChI is InChI=1S/C26H31NO5S/c28-26(20-7-5-8-21(17-20)33(29,30)27-15-3-1-2-4-16-27)32-25-14-13-23-22(25)9-6-10-24(23)31-18-19-11-12-19/h5-10,17,19,25H,1-4,11-16,18H2. The van der Waals surface area contributed by atoms with E-state index in [9.17, 15) is 13.2 Å². The van der Waals surface area contributed by atoms with Crippen LogP contribution in [0.3, 0.4) is 0 Å². The van der Waals surface area contributed by atoms with E-state index in [4.69, 9.17) is 9.47 Å². The Morgan fingerprint density at radius 3 is 2.48 bits per heavy atom. The molecule has 0 aromatic heterocycles. The Balaban J connectivity index is 1.30. The predicted octanol–water partition coefficient (Wildman–Crippen LogP) is 4.88. The third-order valence-electron chi connectivity index (χ3n) is 6.87. The average Bonchev–Trinajstić information content (AvgIpc) is 3.62. The number of esters is 1. The van der Waals surface area contributed by atoms with E-state index in [1.165, 1.54) is 18.9 Å². The molecular weight excluding hydrogens is 438 g/mol. The summed E-state index contributed by atoms with van der Waals surface area (Å²) in [6.45, 7) is 1.81. The van der Waals surface area contributed by atoms with E-state index < -0.39 is 16.0 Å². The van der Waals surface area contributed by atoms with Gasteiger partial charge in [0.05, 0.1) is 17.1 Å². The van der Waals surface area contributed by atoms with Gasteiger partial charge in [-0.25, -0.2) is 13.2 Å². The van der Waals surface area contributed by atoms with Crippen LogP contribution in [0.25, 0.3) is 0 Å². The minimum Gasteiger partial charge on any atom is -0.493 e. The molecule has 5 rings (SSSR count). The number of hydrogen-bond acceptors (Lipinski definition) is 5. The Labute approximate surface area is 195 Å². The summed E-state index contributed by atoms with van der Waals surface area (Å²) in [6.07, 6.45) is 7.48. The third kappa shape index (κ3) is 4.94. The minimum atomic E-state index is -3.62. The van der Waals surface area contributed by atoms with Crippen LogP contribution in [0.5, 0.6) is 5.75 Å². The Hall–Kier alpha value is -2.38. The molecule has 7 heteroatoms. The minimum absolute atomic E-state index is 0.154. The molecule has 0 radical (unpaired) electrons. The third-order valence-corrected chi connectivity index (χ3v) is 8.76. The molecule has 3 aliphatic rings. The highest BCUT2D eigenvalue weighted by Gasteiger charge is 2.31. The lowest BCUT2D eigenvalue weighted by Gasteiger charge is -2.20. The van der Waals surface area contributed by atoms with Crippen LogP contribution in [0.15, 0.2) is 47.4 Å². The molecule has 2 fully saturated rings. The molecule has 0 N–H and O–H groups in total. The summed E-state index contributed by atoms with van der Waals surface area (Å²) in [7, 11) is -3.62. The number of carbonyl (C=O) groups is 1. The molecule has 0 spiro atoms. The highest BCUT2D eigenvalue weighted by atomic mass is 32.2. The van der Waals surface area contributed by atoms with Crippen molar-refractivity contribution in [1.29, 1.82) is 0 Å². The van der Waals surface area contributed by atoms with Crippen LogP contribution in [-0.4, -0.2) is 38.4 Å². The second-order valence-corrected chi connectivity index (χ2v) is 11.3. The molecular formula is C26H31NO5S. The zero-order valence-corrected chi connectivity index (χ0v) is 19.7. The fraction of sp³-hybridized carbons (Fsp3) is 0.500. The molecule has 1 aliphatic heterocycles. The van der Waals surface area contributed by atoms with Gasteiger partial charge in [-0.2, -0.15) is 4.31 Å². The Morgan fingerprint density at radius 1 is 0.970 bits per heavy atom. The monoisotopic (exact) mass is 469 g/mol. The fourth-order valence-electron chi connectivity index (χ4n) is 4.74.